The van der Waals surface area contributed by atoms with Gasteiger partial charge in [-0.1, -0.05) is 0 Å². The summed E-state index contributed by atoms with van der Waals surface area (Å²) in [4.78, 5) is 16.7. The van der Waals surface area contributed by atoms with Crippen LogP contribution < -0.4 is 20.2 Å². The predicted molar refractivity (Wildman–Crippen MR) is 117 cm³/mol. The van der Waals surface area contributed by atoms with Crippen LogP contribution in [0.1, 0.15) is 5.56 Å². The molecule has 34 heavy (non-hydrogen) atoms. The summed E-state index contributed by atoms with van der Waals surface area (Å²) in [6, 6.07) is 9.95. The number of alkyl halides is 3. The number of methoxy groups -OCH3 is 1. The lowest BCUT2D eigenvalue weighted by molar-refractivity contribution is -0.274. The molecule has 4 rings (SSSR count). The lowest BCUT2D eigenvalue weighted by atomic mass is 10.2. The van der Waals surface area contributed by atoms with Crippen LogP contribution in [-0.4, -0.2) is 44.7 Å². The standard InChI is InChI=1S/C21H16F3N7O3/c1-33-16-7-2-12(8-15(16)32)9-29-31-20-18-17(25-11-28-20)19(27-10-26-18)30-13-3-5-14(6-4-13)34-21(22,23)24/h2-11,32H,1H3,(H,25,28,31)(H,26,27,30)/b29-9+. The number of benzene rings is 2. The maximum Gasteiger partial charge on any atom is 0.573 e. The smallest absolute Gasteiger partial charge is 0.504 e. The lowest BCUT2D eigenvalue weighted by Gasteiger charge is -2.11. The van der Waals surface area contributed by atoms with Crippen LogP contribution in [0.15, 0.2) is 60.2 Å². The van der Waals surface area contributed by atoms with Gasteiger partial charge in [-0.25, -0.2) is 19.9 Å². The molecule has 0 atom stereocenters. The number of anilines is 3. The van der Waals surface area contributed by atoms with Crippen LogP contribution in [0.3, 0.4) is 0 Å². The fraction of sp³-hybridized carbons (Fsp3) is 0.0952. The van der Waals surface area contributed by atoms with Crippen LogP contribution in [0.4, 0.5) is 30.5 Å². The largest absolute Gasteiger partial charge is 0.573 e. The molecule has 0 spiro atoms. The number of fused-ring (bicyclic) bond motifs is 1. The van der Waals surface area contributed by atoms with Crippen LogP contribution in [0.5, 0.6) is 17.2 Å². The van der Waals surface area contributed by atoms with Crippen molar-refractivity contribution >= 4 is 34.6 Å². The molecular formula is C21H16F3N7O3. The summed E-state index contributed by atoms with van der Waals surface area (Å²) in [5, 5.41) is 16.9. The SMILES string of the molecule is COc1ccc(/C=N/Nc2ncnc3c(Nc4ccc(OC(F)(F)F)cc4)ncnc23)cc1O. The molecule has 4 aromatic rings. The second-order valence-electron chi connectivity index (χ2n) is 6.64. The van der Waals surface area contributed by atoms with E-state index in [2.05, 4.69) is 40.5 Å². The molecule has 2 aromatic heterocycles. The van der Waals surface area contributed by atoms with Gasteiger partial charge in [0.25, 0.3) is 0 Å². The Morgan fingerprint density at radius 2 is 1.62 bits per heavy atom. The van der Waals surface area contributed by atoms with Gasteiger partial charge in [0, 0.05) is 5.69 Å². The number of hydrogen-bond donors (Lipinski definition) is 3. The Kier molecular flexibility index (Phi) is 6.25. The van der Waals surface area contributed by atoms with Crippen molar-refractivity contribution in [2.75, 3.05) is 17.9 Å². The van der Waals surface area contributed by atoms with Crippen LogP contribution in [-0.2, 0) is 0 Å². The minimum absolute atomic E-state index is 0.0274. The van der Waals surface area contributed by atoms with Crippen molar-refractivity contribution in [2.45, 2.75) is 6.36 Å². The molecule has 0 fully saturated rings. The highest BCUT2D eigenvalue weighted by molar-refractivity contribution is 5.93. The van der Waals surface area contributed by atoms with Gasteiger partial charge in [-0.3, -0.25) is 5.43 Å². The zero-order valence-electron chi connectivity index (χ0n) is 17.4. The number of phenolic OH excluding ortho intramolecular Hbond substituents is 1. The number of hydrazone groups is 1. The molecule has 2 heterocycles. The van der Waals surface area contributed by atoms with Crippen LogP contribution >= 0.6 is 0 Å². The van der Waals surface area contributed by atoms with Crippen LogP contribution in [0.25, 0.3) is 11.0 Å². The van der Waals surface area contributed by atoms with Crippen LogP contribution in [0, 0.1) is 0 Å². The van der Waals surface area contributed by atoms with Crippen LogP contribution in [0.2, 0.25) is 0 Å². The van der Waals surface area contributed by atoms with Gasteiger partial charge < -0.3 is 19.9 Å². The summed E-state index contributed by atoms with van der Waals surface area (Å²) >= 11 is 0. The normalized spacial score (nSPS) is 11.5. The van der Waals surface area contributed by atoms with E-state index in [9.17, 15) is 18.3 Å². The first-order valence-electron chi connectivity index (χ1n) is 9.57. The third-order valence-electron chi connectivity index (χ3n) is 4.36. The molecule has 0 aliphatic rings. The molecule has 0 amide bonds. The number of hydrogen-bond acceptors (Lipinski definition) is 10. The maximum atomic E-state index is 12.3. The molecule has 0 unspecified atom stereocenters. The Hall–Kier alpha value is -4.68. The van der Waals surface area contributed by atoms with E-state index in [0.717, 1.165) is 0 Å². The third-order valence-corrected chi connectivity index (χ3v) is 4.36. The van der Waals surface area contributed by atoms with Gasteiger partial charge in [0.1, 0.15) is 29.4 Å². The number of nitrogens with zero attached hydrogens (tertiary/aromatic N) is 5. The number of rotatable bonds is 7. The van der Waals surface area contributed by atoms with Gasteiger partial charge in [0.15, 0.2) is 23.1 Å². The van der Waals surface area contributed by atoms with E-state index in [0.29, 0.717) is 39.7 Å². The Bertz CT molecular complexity index is 1330. The lowest BCUT2D eigenvalue weighted by Crippen LogP contribution is -2.16. The van der Waals surface area contributed by atoms with E-state index in [4.69, 9.17) is 4.74 Å². The average Bonchev–Trinajstić information content (AvgIpc) is 2.80. The topological polar surface area (TPSA) is 127 Å². The first-order valence-corrected chi connectivity index (χ1v) is 9.57. The minimum atomic E-state index is -4.77. The molecule has 0 saturated heterocycles. The van der Waals surface area contributed by atoms with E-state index < -0.39 is 6.36 Å². The predicted octanol–water partition coefficient (Wildman–Crippen LogP) is 4.22. The highest BCUT2D eigenvalue weighted by Crippen LogP contribution is 2.28. The second-order valence-corrected chi connectivity index (χ2v) is 6.64. The molecule has 13 heteroatoms. The fourth-order valence-electron chi connectivity index (χ4n) is 2.89. The first kappa shape index (κ1) is 22.5. The molecule has 10 nitrogen and oxygen atoms in total. The number of ether oxygens (including phenoxy) is 2. The Morgan fingerprint density at radius 1 is 0.941 bits per heavy atom. The van der Waals surface area contributed by atoms with Gasteiger partial charge in [-0.15, -0.1) is 13.2 Å². The highest BCUT2D eigenvalue weighted by Gasteiger charge is 2.30. The number of halogens is 3. The van der Waals surface area contributed by atoms with E-state index in [1.807, 2.05) is 0 Å². The van der Waals surface area contributed by atoms with Crippen molar-refractivity contribution in [3.8, 4) is 17.2 Å². The molecule has 0 radical (unpaired) electrons. The fourth-order valence-corrected chi connectivity index (χ4v) is 2.89. The van der Waals surface area contributed by atoms with Crippen molar-refractivity contribution in [2.24, 2.45) is 5.10 Å². The van der Waals surface area contributed by atoms with Crippen molar-refractivity contribution in [3.05, 3.63) is 60.7 Å². The van der Waals surface area contributed by atoms with E-state index in [-0.39, 0.29) is 11.5 Å². The highest BCUT2D eigenvalue weighted by atomic mass is 19.4. The van der Waals surface area contributed by atoms with Gasteiger partial charge in [0.2, 0.25) is 0 Å². The van der Waals surface area contributed by atoms with E-state index in [1.165, 1.54) is 56.3 Å². The van der Waals surface area contributed by atoms with Crippen molar-refractivity contribution < 1.29 is 27.8 Å². The summed E-state index contributed by atoms with van der Waals surface area (Å²) in [6.07, 6.45) is -0.730. The molecule has 0 aliphatic carbocycles. The monoisotopic (exact) mass is 471 g/mol. The summed E-state index contributed by atoms with van der Waals surface area (Å²) in [5.74, 6) is 0.566. The Balaban J connectivity index is 1.52. The molecule has 0 saturated carbocycles. The van der Waals surface area contributed by atoms with Crippen molar-refractivity contribution in [1.29, 1.82) is 0 Å². The molecular weight excluding hydrogens is 455 g/mol. The number of aromatic nitrogens is 4. The third kappa shape index (κ3) is 5.38. The minimum Gasteiger partial charge on any atom is -0.504 e. The number of nitrogens with one attached hydrogen (secondary N) is 2. The second kappa shape index (κ2) is 9.44. The van der Waals surface area contributed by atoms with Gasteiger partial charge in [-0.2, -0.15) is 5.10 Å². The number of aromatic hydroxyl groups is 1. The van der Waals surface area contributed by atoms with Gasteiger partial charge in [0.05, 0.1) is 13.3 Å². The quantitative estimate of drug-likeness (QED) is 0.268. The Morgan fingerprint density at radius 3 is 2.26 bits per heavy atom. The molecule has 2 aromatic carbocycles. The van der Waals surface area contributed by atoms with E-state index >= 15 is 0 Å². The summed E-state index contributed by atoms with van der Waals surface area (Å²) in [7, 11) is 1.45. The molecule has 174 valence electrons. The zero-order chi connectivity index (χ0) is 24.1. The van der Waals surface area contributed by atoms with Crippen molar-refractivity contribution in [3.63, 3.8) is 0 Å². The average molecular weight is 471 g/mol. The first-order chi connectivity index (χ1) is 16.3. The van der Waals surface area contributed by atoms with Gasteiger partial charge in [-0.05, 0) is 48.0 Å². The Labute approximate surface area is 190 Å². The summed E-state index contributed by atoms with van der Waals surface area (Å²) < 4.78 is 45.9. The molecule has 3 N–H and O–H groups in total. The zero-order valence-corrected chi connectivity index (χ0v) is 17.4. The summed E-state index contributed by atoms with van der Waals surface area (Å²) in [5.41, 5.74) is 4.55. The number of phenols is 1. The molecule has 0 bridgehead atoms. The van der Waals surface area contributed by atoms with Gasteiger partial charge >= 0.3 is 6.36 Å². The van der Waals surface area contributed by atoms with E-state index in [1.54, 1.807) is 12.1 Å². The molecule has 0 aliphatic heterocycles. The van der Waals surface area contributed by atoms with Crippen molar-refractivity contribution in [1.82, 2.24) is 19.9 Å². The summed E-state index contributed by atoms with van der Waals surface area (Å²) in [6.45, 7) is 0. The maximum absolute atomic E-state index is 12.3.